The minimum absolute atomic E-state index is 0.00638. The third kappa shape index (κ3) is 5.43. The molecule has 156 valence electrons. The highest BCUT2D eigenvalue weighted by atomic mass is 19.4. The Bertz CT molecular complexity index is 842. The Hall–Kier alpha value is -2.70. The van der Waals surface area contributed by atoms with Crippen molar-refractivity contribution in [3.05, 3.63) is 53.6 Å². The second-order valence-electron chi connectivity index (χ2n) is 7.42. The topological polar surface area (TPSA) is 41.6 Å². The molecule has 1 heterocycles. The molecule has 0 radical (unpaired) electrons. The summed E-state index contributed by atoms with van der Waals surface area (Å²) in [6, 6.07) is 10.1. The number of hydrogen-bond donors (Lipinski definition) is 1. The molecule has 0 aliphatic carbocycles. The van der Waals surface area contributed by atoms with Crippen molar-refractivity contribution in [1.29, 1.82) is 0 Å². The van der Waals surface area contributed by atoms with Crippen LogP contribution in [0.2, 0.25) is 0 Å². The number of rotatable bonds is 5. The lowest BCUT2D eigenvalue weighted by Gasteiger charge is -2.31. The molecule has 0 atom stereocenters. The Morgan fingerprint density at radius 3 is 2.28 bits per heavy atom. The van der Waals surface area contributed by atoms with Crippen LogP contribution in [-0.4, -0.2) is 25.1 Å². The van der Waals surface area contributed by atoms with Crippen molar-refractivity contribution in [1.82, 2.24) is 0 Å². The van der Waals surface area contributed by atoms with Crippen LogP contribution < -0.4 is 15.0 Å². The number of nitrogens with one attached hydrogen (secondary N) is 1. The fraction of sp³-hybridized carbons (Fsp3) is 0.409. The van der Waals surface area contributed by atoms with E-state index < -0.39 is 17.6 Å². The molecule has 0 unspecified atom stereocenters. The molecular formula is C22H25F3N2O2. The van der Waals surface area contributed by atoms with E-state index in [2.05, 4.69) is 5.32 Å². The molecule has 4 nitrogen and oxygen atoms in total. The van der Waals surface area contributed by atoms with Gasteiger partial charge in [0.25, 0.3) is 5.91 Å². The van der Waals surface area contributed by atoms with Gasteiger partial charge >= 0.3 is 6.18 Å². The van der Waals surface area contributed by atoms with Crippen molar-refractivity contribution < 1.29 is 22.7 Å². The number of ether oxygens (including phenoxy) is 1. The van der Waals surface area contributed by atoms with Gasteiger partial charge in [0.15, 0.2) is 0 Å². The summed E-state index contributed by atoms with van der Waals surface area (Å²) in [5.41, 5.74) is 0.359. The predicted octanol–water partition coefficient (Wildman–Crippen LogP) is 5.74. The third-order valence-corrected chi connectivity index (χ3v) is 4.76. The maximum atomic E-state index is 13.2. The van der Waals surface area contributed by atoms with Crippen molar-refractivity contribution in [2.45, 2.75) is 45.4 Å². The van der Waals surface area contributed by atoms with Crippen LogP contribution in [-0.2, 0) is 6.18 Å². The fourth-order valence-corrected chi connectivity index (χ4v) is 3.37. The average molecular weight is 406 g/mol. The minimum atomic E-state index is -4.48. The van der Waals surface area contributed by atoms with Gasteiger partial charge in [0.1, 0.15) is 5.75 Å². The molecule has 29 heavy (non-hydrogen) atoms. The number of hydrogen-bond acceptors (Lipinski definition) is 3. The second kappa shape index (κ2) is 8.76. The van der Waals surface area contributed by atoms with Crippen LogP contribution in [0.25, 0.3) is 0 Å². The minimum Gasteiger partial charge on any atom is -0.491 e. The van der Waals surface area contributed by atoms with E-state index in [0.717, 1.165) is 44.5 Å². The van der Waals surface area contributed by atoms with E-state index in [1.807, 2.05) is 18.7 Å². The van der Waals surface area contributed by atoms with Crippen LogP contribution in [0.1, 0.15) is 49.0 Å². The lowest BCUT2D eigenvalue weighted by atomic mass is 10.1. The number of amides is 1. The molecule has 7 heteroatoms. The summed E-state index contributed by atoms with van der Waals surface area (Å²) in [5.74, 6) is 0.170. The Morgan fingerprint density at radius 2 is 1.69 bits per heavy atom. The Labute approximate surface area is 168 Å². The average Bonchev–Trinajstić information content (AvgIpc) is 2.68. The Morgan fingerprint density at radius 1 is 1.03 bits per heavy atom. The summed E-state index contributed by atoms with van der Waals surface area (Å²) in [5, 5.41) is 2.68. The molecule has 0 spiro atoms. The van der Waals surface area contributed by atoms with E-state index in [9.17, 15) is 18.0 Å². The molecule has 2 aromatic rings. The predicted molar refractivity (Wildman–Crippen MR) is 108 cm³/mol. The molecule has 1 amide bonds. The number of alkyl halides is 3. The number of anilines is 2. The molecule has 2 aromatic carbocycles. The molecule has 1 saturated heterocycles. The smallest absolute Gasteiger partial charge is 0.416 e. The van der Waals surface area contributed by atoms with Gasteiger partial charge < -0.3 is 15.0 Å². The highest BCUT2D eigenvalue weighted by molar-refractivity contribution is 6.06. The first-order chi connectivity index (χ1) is 13.7. The van der Waals surface area contributed by atoms with E-state index in [1.165, 1.54) is 6.07 Å². The highest BCUT2D eigenvalue weighted by Crippen LogP contribution is 2.36. The quantitative estimate of drug-likeness (QED) is 0.689. The fourth-order valence-electron chi connectivity index (χ4n) is 3.37. The van der Waals surface area contributed by atoms with Gasteiger partial charge in [-0.1, -0.05) is 0 Å². The standard InChI is InChI=1S/C22H25F3N2O2/c1-15(2)29-18-9-6-16(7-10-18)21(28)26-19-14-17(22(23,24)25)8-11-20(19)27-12-4-3-5-13-27/h6-11,14-15H,3-5,12-13H2,1-2H3,(H,26,28). The van der Waals surface area contributed by atoms with E-state index >= 15 is 0 Å². The van der Waals surface area contributed by atoms with E-state index in [1.54, 1.807) is 24.3 Å². The number of halogens is 3. The van der Waals surface area contributed by atoms with Crippen molar-refractivity contribution >= 4 is 17.3 Å². The number of carbonyl (C=O) groups is 1. The second-order valence-corrected chi connectivity index (χ2v) is 7.42. The number of nitrogens with zero attached hydrogens (tertiary/aromatic N) is 1. The Kier molecular flexibility index (Phi) is 6.35. The Balaban J connectivity index is 1.86. The number of benzene rings is 2. The number of carbonyl (C=O) groups excluding carboxylic acids is 1. The summed E-state index contributed by atoms with van der Waals surface area (Å²) in [6.07, 6.45) is -1.41. The molecule has 1 N–H and O–H groups in total. The van der Waals surface area contributed by atoms with Crippen molar-refractivity contribution in [3.8, 4) is 5.75 Å². The summed E-state index contributed by atoms with van der Waals surface area (Å²) < 4.78 is 45.2. The first-order valence-electron chi connectivity index (χ1n) is 9.78. The molecule has 1 aliphatic heterocycles. The van der Waals surface area contributed by atoms with Gasteiger partial charge in [0.05, 0.1) is 23.0 Å². The third-order valence-electron chi connectivity index (χ3n) is 4.76. The molecule has 0 bridgehead atoms. The maximum Gasteiger partial charge on any atom is 0.416 e. The van der Waals surface area contributed by atoms with Crippen LogP contribution in [0.15, 0.2) is 42.5 Å². The van der Waals surface area contributed by atoms with Gasteiger partial charge in [-0.15, -0.1) is 0 Å². The summed E-state index contributed by atoms with van der Waals surface area (Å²) in [7, 11) is 0. The van der Waals surface area contributed by atoms with Gasteiger partial charge in [-0.25, -0.2) is 0 Å². The van der Waals surface area contributed by atoms with E-state index in [4.69, 9.17) is 4.74 Å². The molecule has 0 saturated carbocycles. The number of piperidine rings is 1. The van der Waals surface area contributed by atoms with Crippen LogP contribution in [0.5, 0.6) is 5.75 Å². The zero-order valence-corrected chi connectivity index (χ0v) is 16.6. The zero-order valence-electron chi connectivity index (χ0n) is 16.6. The monoisotopic (exact) mass is 406 g/mol. The van der Waals surface area contributed by atoms with Crippen LogP contribution in [0.4, 0.5) is 24.5 Å². The van der Waals surface area contributed by atoms with Crippen molar-refractivity contribution in [2.75, 3.05) is 23.3 Å². The molecule has 0 aromatic heterocycles. The van der Waals surface area contributed by atoms with Gasteiger partial charge in [-0.2, -0.15) is 13.2 Å². The lowest BCUT2D eigenvalue weighted by Crippen LogP contribution is -2.30. The largest absolute Gasteiger partial charge is 0.491 e. The van der Waals surface area contributed by atoms with Crippen molar-refractivity contribution in [2.24, 2.45) is 0 Å². The first kappa shape index (κ1) is 21.0. The van der Waals surface area contributed by atoms with Crippen LogP contribution in [0, 0.1) is 0 Å². The molecule has 3 rings (SSSR count). The van der Waals surface area contributed by atoms with Gasteiger partial charge in [-0.3, -0.25) is 4.79 Å². The summed E-state index contributed by atoms with van der Waals surface area (Å²) >= 11 is 0. The van der Waals surface area contributed by atoms with Gasteiger partial charge in [-0.05, 0) is 75.6 Å². The lowest BCUT2D eigenvalue weighted by molar-refractivity contribution is -0.137. The summed E-state index contributed by atoms with van der Waals surface area (Å²) in [4.78, 5) is 14.7. The zero-order chi connectivity index (χ0) is 21.0. The van der Waals surface area contributed by atoms with Crippen molar-refractivity contribution in [3.63, 3.8) is 0 Å². The summed E-state index contributed by atoms with van der Waals surface area (Å²) in [6.45, 7) is 5.32. The van der Waals surface area contributed by atoms with E-state index in [0.29, 0.717) is 17.0 Å². The van der Waals surface area contributed by atoms with E-state index in [-0.39, 0.29) is 11.8 Å². The van der Waals surface area contributed by atoms with Gasteiger partial charge in [0, 0.05) is 18.7 Å². The van der Waals surface area contributed by atoms with Crippen LogP contribution in [0.3, 0.4) is 0 Å². The molecule has 1 fully saturated rings. The first-order valence-corrected chi connectivity index (χ1v) is 9.78. The highest BCUT2D eigenvalue weighted by Gasteiger charge is 2.32. The molecular weight excluding hydrogens is 381 g/mol. The maximum absolute atomic E-state index is 13.2. The normalized spacial score (nSPS) is 14.8. The van der Waals surface area contributed by atoms with Gasteiger partial charge in [0.2, 0.25) is 0 Å². The SMILES string of the molecule is CC(C)Oc1ccc(C(=O)Nc2cc(C(F)(F)F)ccc2N2CCCCC2)cc1. The molecule has 1 aliphatic rings. The van der Waals surface area contributed by atoms with Crippen LogP contribution >= 0.6 is 0 Å².